The van der Waals surface area contributed by atoms with Crippen LogP contribution in [0, 0.1) is 5.82 Å². The average Bonchev–Trinajstić information content (AvgIpc) is 3.06. The highest BCUT2D eigenvalue weighted by atomic mass is 19.1. The Hall–Kier alpha value is -2.60. The Morgan fingerprint density at radius 1 is 1.09 bits per heavy atom. The summed E-state index contributed by atoms with van der Waals surface area (Å²) in [5.41, 5.74) is 1.55. The maximum atomic E-state index is 13.8. The number of tetrazole rings is 1. The van der Waals surface area contributed by atoms with Crippen LogP contribution in [0.1, 0.15) is 24.4 Å². The van der Waals surface area contributed by atoms with Crippen molar-refractivity contribution in [1.29, 1.82) is 0 Å². The Morgan fingerprint density at radius 3 is 2.52 bits per heavy atom. The minimum atomic E-state index is -0.200. The highest BCUT2D eigenvalue weighted by Crippen LogP contribution is 2.21. The van der Waals surface area contributed by atoms with E-state index in [-0.39, 0.29) is 11.9 Å². The maximum Gasteiger partial charge on any atom is 0.173 e. The van der Waals surface area contributed by atoms with E-state index in [4.69, 9.17) is 0 Å². The predicted octanol–water partition coefficient (Wildman–Crippen LogP) is 2.99. The lowest BCUT2D eigenvalue weighted by molar-refractivity contribution is 0.237. The van der Waals surface area contributed by atoms with Crippen LogP contribution in [-0.4, -0.2) is 32.2 Å². The highest BCUT2D eigenvalue weighted by Gasteiger charge is 2.20. The predicted molar refractivity (Wildman–Crippen MR) is 85.4 cm³/mol. The molecule has 0 saturated carbocycles. The Bertz CT molecular complexity index is 771. The monoisotopic (exact) mass is 311 g/mol. The van der Waals surface area contributed by atoms with Gasteiger partial charge >= 0.3 is 0 Å². The summed E-state index contributed by atoms with van der Waals surface area (Å²) in [6, 6.07) is 16.4. The van der Waals surface area contributed by atoms with Gasteiger partial charge in [0.15, 0.2) is 5.82 Å². The first-order chi connectivity index (χ1) is 11.2. The third-order valence-electron chi connectivity index (χ3n) is 3.91. The van der Waals surface area contributed by atoms with Gasteiger partial charge in [0.2, 0.25) is 0 Å². The molecule has 1 heterocycles. The summed E-state index contributed by atoms with van der Waals surface area (Å²) < 4.78 is 15.5. The smallest absolute Gasteiger partial charge is 0.173 e. The van der Waals surface area contributed by atoms with Crippen LogP contribution < -0.4 is 0 Å². The van der Waals surface area contributed by atoms with Gasteiger partial charge in [0.1, 0.15) is 5.82 Å². The fraction of sp³-hybridized carbons (Fsp3) is 0.235. The number of benzene rings is 2. The van der Waals surface area contributed by atoms with Crippen molar-refractivity contribution in [2.75, 3.05) is 7.05 Å². The van der Waals surface area contributed by atoms with Gasteiger partial charge in [0.25, 0.3) is 0 Å². The summed E-state index contributed by atoms with van der Waals surface area (Å²) in [4.78, 5) is 2.02. The minimum Gasteiger partial charge on any atom is -0.292 e. The molecule has 6 heteroatoms. The van der Waals surface area contributed by atoms with Crippen LogP contribution >= 0.6 is 0 Å². The maximum absolute atomic E-state index is 13.8. The van der Waals surface area contributed by atoms with Gasteiger partial charge in [-0.2, -0.15) is 4.68 Å². The quantitative estimate of drug-likeness (QED) is 0.727. The van der Waals surface area contributed by atoms with Crippen LogP contribution in [0.15, 0.2) is 54.6 Å². The number of rotatable bonds is 5. The zero-order chi connectivity index (χ0) is 16.2. The molecule has 3 aromatic rings. The Morgan fingerprint density at radius 2 is 1.78 bits per heavy atom. The van der Waals surface area contributed by atoms with Crippen molar-refractivity contribution in [2.45, 2.75) is 19.5 Å². The van der Waals surface area contributed by atoms with E-state index in [0.717, 1.165) is 11.5 Å². The number of nitrogens with zero attached hydrogens (tertiary/aromatic N) is 5. The van der Waals surface area contributed by atoms with Gasteiger partial charge in [-0.15, -0.1) is 5.10 Å². The molecule has 118 valence electrons. The zero-order valence-corrected chi connectivity index (χ0v) is 13.1. The van der Waals surface area contributed by atoms with Crippen molar-refractivity contribution < 1.29 is 4.39 Å². The molecule has 5 nitrogen and oxygen atoms in total. The molecular weight excluding hydrogens is 293 g/mol. The van der Waals surface area contributed by atoms with Crippen LogP contribution in [0.2, 0.25) is 0 Å². The average molecular weight is 311 g/mol. The summed E-state index contributed by atoms with van der Waals surface area (Å²) in [7, 11) is 1.93. The van der Waals surface area contributed by atoms with E-state index >= 15 is 0 Å². The molecule has 2 aromatic carbocycles. The van der Waals surface area contributed by atoms with E-state index in [9.17, 15) is 4.39 Å². The van der Waals surface area contributed by atoms with Gasteiger partial charge in [-0.25, -0.2) is 4.39 Å². The molecule has 0 aliphatic heterocycles. The minimum absolute atomic E-state index is 0.0650. The molecule has 0 saturated heterocycles. The van der Waals surface area contributed by atoms with Crippen molar-refractivity contribution >= 4 is 0 Å². The van der Waals surface area contributed by atoms with E-state index in [1.165, 1.54) is 6.07 Å². The van der Waals surface area contributed by atoms with Crippen molar-refractivity contribution in [3.63, 3.8) is 0 Å². The largest absolute Gasteiger partial charge is 0.292 e. The van der Waals surface area contributed by atoms with E-state index in [2.05, 4.69) is 15.5 Å². The van der Waals surface area contributed by atoms with E-state index in [0.29, 0.717) is 12.1 Å². The zero-order valence-electron chi connectivity index (χ0n) is 13.1. The lowest BCUT2D eigenvalue weighted by Crippen LogP contribution is -2.25. The van der Waals surface area contributed by atoms with Crippen LogP contribution in [-0.2, 0) is 6.54 Å². The van der Waals surface area contributed by atoms with Crippen LogP contribution in [0.4, 0.5) is 4.39 Å². The standard InChI is InChI=1S/C17H18FN5/c1-13(22(2)12-14-8-6-7-11-16(14)18)17-19-20-21-23(17)15-9-4-3-5-10-15/h3-11,13H,12H2,1-2H3. The topological polar surface area (TPSA) is 46.8 Å². The molecule has 1 aromatic heterocycles. The summed E-state index contributed by atoms with van der Waals surface area (Å²) in [5.74, 6) is 0.518. The molecule has 0 aliphatic carbocycles. The van der Waals surface area contributed by atoms with Crippen molar-refractivity contribution in [2.24, 2.45) is 0 Å². The first-order valence-electron chi connectivity index (χ1n) is 7.44. The molecule has 1 atom stereocenters. The van der Waals surface area contributed by atoms with Crippen molar-refractivity contribution in [3.05, 3.63) is 71.8 Å². The number of halogens is 1. The third-order valence-corrected chi connectivity index (χ3v) is 3.91. The van der Waals surface area contributed by atoms with Gasteiger partial charge in [0.05, 0.1) is 11.7 Å². The molecule has 0 radical (unpaired) electrons. The van der Waals surface area contributed by atoms with Crippen molar-refractivity contribution in [3.8, 4) is 5.69 Å². The number of para-hydroxylation sites is 1. The molecule has 1 unspecified atom stereocenters. The van der Waals surface area contributed by atoms with E-state index < -0.39 is 0 Å². The lowest BCUT2D eigenvalue weighted by Gasteiger charge is -2.24. The summed E-state index contributed by atoms with van der Waals surface area (Å²) in [6.45, 7) is 2.49. The summed E-state index contributed by atoms with van der Waals surface area (Å²) in [5, 5.41) is 12.0. The molecule has 0 spiro atoms. The molecule has 0 bridgehead atoms. The fourth-order valence-corrected chi connectivity index (χ4v) is 2.44. The van der Waals surface area contributed by atoms with E-state index in [1.807, 2.05) is 55.3 Å². The number of hydrogen-bond donors (Lipinski definition) is 0. The molecule has 23 heavy (non-hydrogen) atoms. The number of aromatic nitrogens is 4. The highest BCUT2D eigenvalue weighted by molar-refractivity contribution is 5.31. The first-order valence-corrected chi connectivity index (χ1v) is 7.44. The second-order valence-corrected chi connectivity index (χ2v) is 5.47. The Balaban J connectivity index is 1.82. The van der Waals surface area contributed by atoms with Gasteiger partial charge < -0.3 is 0 Å². The van der Waals surface area contributed by atoms with Crippen LogP contribution in [0.5, 0.6) is 0 Å². The van der Waals surface area contributed by atoms with E-state index in [1.54, 1.807) is 16.8 Å². The fourth-order valence-electron chi connectivity index (χ4n) is 2.44. The Kier molecular flexibility index (Phi) is 4.43. The number of hydrogen-bond acceptors (Lipinski definition) is 4. The van der Waals surface area contributed by atoms with Gasteiger partial charge in [-0.05, 0) is 42.6 Å². The molecular formula is C17H18FN5. The van der Waals surface area contributed by atoms with Crippen LogP contribution in [0.3, 0.4) is 0 Å². The van der Waals surface area contributed by atoms with Crippen LogP contribution in [0.25, 0.3) is 5.69 Å². The Labute approximate surface area is 134 Å². The van der Waals surface area contributed by atoms with Gasteiger partial charge in [-0.3, -0.25) is 4.90 Å². The first kappa shape index (κ1) is 15.3. The second kappa shape index (κ2) is 6.66. The van der Waals surface area contributed by atoms with Gasteiger partial charge in [0, 0.05) is 12.1 Å². The summed E-state index contributed by atoms with van der Waals surface area (Å²) in [6.07, 6.45) is 0. The SMILES string of the molecule is CC(c1nnnn1-c1ccccc1)N(C)Cc1ccccc1F. The molecule has 3 rings (SSSR count). The molecule has 0 aliphatic rings. The normalized spacial score (nSPS) is 12.5. The third kappa shape index (κ3) is 3.27. The second-order valence-electron chi connectivity index (χ2n) is 5.47. The van der Waals surface area contributed by atoms with Gasteiger partial charge in [-0.1, -0.05) is 36.4 Å². The molecule has 0 fully saturated rings. The lowest BCUT2D eigenvalue weighted by atomic mass is 10.1. The molecule has 0 amide bonds. The summed E-state index contributed by atoms with van der Waals surface area (Å²) >= 11 is 0. The molecule has 0 N–H and O–H groups in total. The van der Waals surface area contributed by atoms with Crippen molar-refractivity contribution in [1.82, 2.24) is 25.1 Å².